The molecule has 0 heterocycles. The van der Waals surface area contributed by atoms with Gasteiger partial charge in [0, 0.05) is 13.3 Å². The standard InChI is InChI=1S/C19H30O8/c1-4-5-6-7-8-9-10-11-14(21)17(19(25)26-3)18(24)15(12-16(22)23)27-13(2)20/h15,24H,4-12H2,1-3H3,(H,22,23)/b18-17+. The van der Waals surface area contributed by atoms with Crippen LogP contribution in [0.5, 0.6) is 0 Å². The van der Waals surface area contributed by atoms with Crippen molar-refractivity contribution in [3.05, 3.63) is 11.3 Å². The van der Waals surface area contributed by atoms with Gasteiger partial charge in [-0.15, -0.1) is 0 Å². The van der Waals surface area contributed by atoms with Crippen LogP contribution in [0.15, 0.2) is 11.3 Å². The zero-order chi connectivity index (χ0) is 20.8. The van der Waals surface area contributed by atoms with Crippen molar-refractivity contribution in [2.24, 2.45) is 0 Å². The monoisotopic (exact) mass is 386 g/mol. The van der Waals surface area contributed by atoms with Crippen molar-refractivity contribution in [1.29, 1.82) is 0 Å². The molecule has 0 aliphatic heterocycles. The summed E-state index contributed by atoms with van der Waals surface area (Å²) in [4.78, 5) is 46.4. The van der Waals surface area contributed by atoms with Crippen LogP contribution in [0.1, 0.15) is 71.6 Å². The molecule has 0 fully saturated rings. The molecule has 154 valence electrons. The summed E-state index contributed by atoms with van der Waals surface area (Å²) in [6.45, 7) is 3.15. The van der Waals surface area contributed by atoms with E-state index >= 15 is 0 Å². The first-order chi connectivity index (χ1) is 12.7. The van der Waals surface area contributed by atoms with Gasteiger partial charge in [-0.05, 0) is 6.42 Å². The minimum atomic E-state index is -1.63. The molecule has 8 nitrogen and oxygen atoms in total. The number of ether oxygens (including phenoxy) is 2. The first-order valence-electron chi connectivity index (χ1n) is 9.18. The third kappa shape index (κ3) is 10.4. The van der Waals surface area contributed by atoms with Crippen molar-refractivity contribution >= 4 is 23.7 Å². The van der Waals surface area contributed by atoms with Gasteiger partial charge in [0.15, 0.2) is 17.6 Å². The molecular formula is C19H30O8. The lowest BCUT2D eigenvalue weighted by molar-refractivity contribution is -0.151. The fourth-order valence-corrected chi connectivity index (χ4v) is 2.55. The van der Waals surface area contributed by atoms with E-state index in [1.165, 1.54) is 6.42 Å². The maximum atomic E-state index is 12.4. The molecule has 0 aromatic rings. The SMILES string of the molecule is CCCCCCCCCC(=O)/C(C(=O)OC)=C(\O)C(CC(=O)O)OC(C)=O. The van der Waals surface area contributed by atoms with E-state index in [2.05, 4.69) is 11.7 Å². The largest absolute Gasteiger partial charge is 0.507 e. The van der Waals surface area contributed by atoms with Gasteiger partial charge in [-0.2, -0.15) is 0 Å². The second-order valence-electron chi connectivity index (χ2n) is 6.24. The number of Topliss-reactive ketones (excluding diaryl/α,β-unsaturated/α-hetero) is 1. The molecule has 1 unspecified atom stereocenters. The maximum Gasteiger partial charge on any atom is 0.345 e. The van der Waals surface area contributed by atoms with E-state index in [9.17, 15) is 24.3 Å². The fraction of sp³-hybridized carbons (Fsp3) is 0.684. The highest BCUT2D eigenvalue weighted by molar-refractivity contribution is 6.17. The zero-order valence-electron chi connectivity index (χ0n) is 16.3. The molecule has 0 bridgehead atoms. The number of methoxy groups -OCH3 is 1. The van der Waals surface area contributed by atoms with Gasteiger partial charge in [0.05, 0.1) is 13.5 Å². The minimum absolute atomic E-state index is 0.00212. The highest BCUT2D eigenvalue weighted by Gasteiger charge is 2.31. The molecule has 0 aliphatic rings. The molecule has 0 aliphatic carbocycles. The van der Waals surface area contributed by atoms with Gasteiger partial charge >= 0.3 is 17.9 Å². The molecular weight excluding hydrogens is 356 g/mol. The third-order valence-corrected chi connectivity index (χ3v) is 3.91. The summed E-state index contributed by atoms with van der Waals surface area (Å²) >= 11 is 0. The van der Waals surface area contributed by atoms with Crippen LogP contribution >= 0.6 is 0 Å². The number of carboxylic acids is 1. The molecule has 0 aromatic heterocycles. The molecule has 0 amide bonds. The van der Waals surface area contributed by atoms with Crippen LogP contribution in [-0.4, -0.2) is 47.1 Å². The summed E-state index contributed by atoms with van der Waals surface area (Å²) < 4.78 is 9.26. The highest BCUT2D eigenvalue weighted by atomic mass is 16.6. The number of ketones is 1. The van der Waals surface area contributed by atoms with Crippen molar-refractivity contribution in [3.8, 4) is 0 Å². The first-order valence-corrected chi connectivity index (χ1v) is 9.18. The van der Waals surface area contributed by atoms with Crippen LogP contribution in [0.3, 0.4) is 0 Å². The summed E-state index contributed by atoms with van der Waals surface area (Å²) in [6, 6.07) is 0. The Hall–Kier alpha value is -2.38. The molecule has 0 spiro atoms. The normalized spacial score (nSPS) is 12.7. The Morgan fingerprint density at radius 3 is 1.96 bits per heavy atom. The van der Waals surface area contributed by atoms with E-state index in [1.54, 1.807) is 0 Å². The number of hydrogen-bond donors (Lipinski definition) is 2. The summed E-state index contributed by atoms with van der Waals surface area (Å²) in [5, 5.41) is 19.2. The summed E-state index contributed by atoms with van der Waals surface area (Å²) in [7, 11) is 1.04. The lowest BCUT2D eigenvalue weighted by Crippen LogP contribution is -2.28. The van der Waals surface area contributed by atoms with Crippen molar-refractivity contribution in [1.82, 2.24) is 0 Å². The number of esters is 2. The van der Waals surface area contributed by atoms with Crippen LogP contribution in [0.2, 0.25) is 0 Å². The predicted octanol–water partition coefficient (Wildman–Crippen LogP) is 3.09. The topological polar surface area (TPSA) is 127 Å². The maximum absolute atomic E-state index is 12.4. The van der Waals surface area contributed by atoms with Gasteiger partial charge in [-0.25, -0.2) is 4.79 Å². The number of aliphatic hydroxyl groups is 1. The van der Waals surface area contributed by atoms with Gasteiger partial charge in [0.2, 0.25) is 0 Å². The minimum Gasteiger partial charge on any atom is -0.507 e. The number of hydrogen-bond acceptors (Lipinski definition) is 7. The predicted molar refractivity (Wildman–Crippen MR) is 97.1 cm³/mol. The van der Waals surface area contributed by atoms with E-state index in [1.807, 2.05) is 0 Å². The van der Waals surface area contributed by atoms with Gasteiger partial charge in [0.1, 0.15) is 5.57 Å². The Labute approximate surface area is 159 Å². The zero-order valence-corrected chi connectivity index (χ0v) is 16.3. The van der Waals surface area contributed by atoms with Crippen molar-refractivity contribution < 1.29 is 38.9 Å². The quantitative estimate of drug-likeness (QED) is 0.116. The Kier molecular flexibility index (Phi) is 12.6. The second-order valence-corrected chi connectivity index (χ2v) is 6.24. The Balaban J connectivity index is 5.11. The molecule has 2 N–H and O–H groups in total. The Morgan fingerprint density at radius 2 is 1.48 bits per heavy atom. The first kappa shape index (κ1) is 24.6. The summed E-state index contributed by atoms with van der Waals surface area (Å²) in [5.41, 5.74) is -0.670. The van der Waals surface area contributed by atoms with Crippen LogP contribution in [0.25, 0.3) is 0 Å². The van der Waals surface area contributed by atoms with Crippen molar-refractivity contribution in [3.63, 3.8) is 0 Å². The van der Waals surface area contributed by atoms with Crippen LogP contribution < -0.4 is 0 Å². The number of aliphatic hydroxyl groups excluding tert-OH is 1. The van der Waals surface area contributed by atoms with Crippen LogP contribution in [-0.2, 0) is 28.7 Å². The van der Waals surface area contributed by atoms with Crippen LogP contribution in [0.4, 0.5) is 0 Å². The lowest BCUT2D eigenvalue weighted by atomic mass is 10.00. The van der Waals surface area contributed by atoms with Gasteiger partial charge < -0.3 is 19.7 Å². The highest BCUT2D eigenvalue weighted by Crippen LogP contribution is 2.19. The van der Waals surface area contributed by atoms with Gasteiger partial charge in [-0.3, -0.25) is 14.4 Å². The molecule has 1 atom stereocenters. The van der Waals surface area contributed by atoms with E-state index in [-0.39, 0.29) is 6.42 Å². The fourth-order valence-electron chi connectivity index (χ4n) is 2.55. The average Bonchev–Trinajstić information content (AvgIpc) is 2.59. The van der Waals surface area contributed by atoms with Gasteiger partial charge in [0.25, 0.3) is 0 Å². The Bertz CT molecular complexity index is 534. The lowest BCUT2D eigenvalue weighted by Gasteiger charge is -2.17. The van der Waals surface area contributed by atoms with E-state index in [0.29, 0.717) is 6.42 Å². The van der Waals surface area contributed by atoms with E-state index < -0.39 is 47.5 Å². The molecule has 27 heavy (non-hydrogen) atoms. The molecule has 0 saturated heterocycles. The molecule has 0 radical (unpaired) electrons. The van der Waals surface area contributed by atoms with Crippen molar-refractivity contribution in [2.45, 2.75) is 77.7 Å². The summed E-state index contributed by atoms with van der Waals surface area (Å²) in [5.74, 6) is -4.88. The molecule has 8 heteroatoms. The second kappa shape index (κ2) is 13.8. The number of carboxylic acid groups (broad SMARTS) is 1. The van der Waals surface area contributed by atoms with E-state index in [4.69, 9.17) is 9.84 Å². The Morgan fingerprint density at radius 1 is 0.926 bits per heavy atom. The third-order valence-electron chi connectivity index (χ3n) is 3.91. The average molecular weight is 386 g/mol. The smallest absolute Gasteiger partial charge is 0.345 e. The number of unbranched alkanes of at least 4 members (excludes halogenated alkanes) is 6. The number of aliphatic carboxylic acids is 1. The number of carbonyl (C=O) groups is 4. The van der Waals surface area contributed by atoms with Gasteiger partial charge in [-0.1, -0.05) is 45.4 Å². The van der Waals surface area contributed by atoms with Crippen LogP contribution in [0, 0.1) is 0 Å². The molecule has 0 aromatic carbocycles. The number of rotatable bonds is 14. The number of carbonyl (C=O) groups excluding carboxylic acids is 3. The summed E-state index contributed by atoms with van der Waals surface area (Å²) in [6.07, 6.45) is 4.39. The molecule has 0 rings (SSSR count). The molecule has 0 saturated carbocycles. The van der Waals surface area contributed by atoms with Crippen molar-refractivity contribution in [2.75, 3.05) is 7.11 Å². The van der Waals surface area contributed by atoms with E-state index in [0.717, 1.165) is 46.1 Å².